The van der Waals surface area contributed by atoms with E-state index in [1.165, 1.54) is 23.5 Å². The van der Waals surface area contributed by atoms with Crippen molar-refractivity contribution in [3.63, 3.8) is 0 Å². The van der Waals surface area contributed by atoms with Gasteiger partial charge in [-0.2, -0.15) is 4.99 Å². The molecule has 0 bridgehead atoms. The van der Waals surface area contributed by atoms with Gasteiger partial charge in [0, 0.05) is 37.1 Å². The summed E-state index contributed by atoms with van der Waals surface area (Å²) in [5.41, 5.74) is 0.915. The predicted octanol–water partition coefficient (Wildman–Crippen LogP) is 4.51. The van der Waals surface area contributed by atoms with Crippen molar-refractivity contribution in [2.24, 2.45) is 4.99 Å². The Morgan fingerprint density at radius 1 is 1.13 bits per heavy atom. The monoisotopic (exact) mass is 464 g/mol. The first-order valence-electron chi connectivity index (χ1n) is 9.76. The summed E-state index contributed by atoms with van der Waals surface area (Å²) in [6.45, 7) is 1.06. The minimum absolute atomic E-state index is 0.170. The van der Waals surface area contributed by atoms with Crippen LogP contribution in [0, 0.1) is 5.82 Å². The van der Waals surface area contributed by atoms with E-state index in [0.717, 1.165) is 20.9 Å². The zero-order valence-electron chi connectivity index (χ0n) is 17.7. The second kappa shape index (κ2) is 11.3. The van der Waals surface area contributed by atoms with Crippen molar-refractivity contribution >= 4 is 39.2 Å². The molecule has 0 atom stereocenters. The quantitative estimate of drug-likeness (QED) is 0.326. The van der Waals surface area contributed by atoms with Gasteiger partial charge in [-0.05, 0) is 36.4 Å². The number of carbonyl (C=O) groups is 1. The van der Waals surface area contributed by atoms with Gasteiger partial charge in [0.05, 0.1) is 31.0 Å². The summed E-state index contributed by atoms with van der Waals surface area (Å²) in [6, 6.07) is 10.1. The van der Waals surface area contributed by atoms with E-state index in [9.17, 15) is 9.18 Å². The lowest BCUT2D eigenvalue weighted by Crippen LogP contribution is -2.19. The van der Waals surface area contributed by atoms with Gasteiger partial charge in [-0.15, -0.1) is 11.8 Å². The normalized spacial score (nSPS) is 11.8. The molecule has 3 aromatic rings. The molecule has 0 aliphatic rings. The van der Waals surface area contributed by atoms with E-state index < -0.39 is 0 Å². The second-order valence-electron chi connectivity index (χ2n) is 6.62. The number of rotatable bonds is 10. The first-order valence-corrected chi connectivity index (χ1v) is 11.6. The first kappa shape index (κ1) is 23.3. The summed E-state index contributed by atoms with van der Waals surface area (Å²) in [4.78, 5) is 18.5. The van der Waals surface area contributed by atoms with Gasteiger partial charge in [0.1, 0.15) is 5.82 Å². The maximum atomic E-state index is 13.0. The van der Waals surface area contributed by atoms with Crippen molar-refractivity contribution in [1.29, 1.82) is 0 Å². The molecule has 0 N–H and O–H groups in total. The smallest absolute Gasteiger partial charge is 0.248 e. The number of amides is 1. The van der Waals surface area contributed by atoms with Crippen LogP contribution in [-0.2, 0) is 16.1 Å². The highest BCUT2D eigenvalue weighted by molar-refractivity contribution is 7.99. The maximum Gasteiger partial charge on any atom is 0.248 e. The van der Waals surface area contributed by atoms with Crippen molar-refractivity contribution in [1.82, 2.24) is 4.57 Å². The highest BCUT2D eigenvalue weighted by Gasteiger charge is 2.13. The number of nitrogens with zero attached hydrogens (tertiary/aromatic N) is 2. The highest BCUT2D eigenvalue weighted by atomic mass is 32.2. The molecule has 0 aliphatic heterocycles. The number of aromatic nitrogens is 1. The Labute approximate surface area is 188 Å². The fourth-order valence-corrected chi connectivity index (χ4v) is 4.92. The van der Waals surface area contributed by atoms with Crippen LogP contribution in [0.15, 0.2) is 46.3 Å². The number of hydrogen-bond donors (Lipinski definition) is 0. The van der Waals surface area contributed by atoms with Crippen molar-refractivity contribution in [2.75, 3.05) is 33.7 Å². The number of hydrogen-bond acceptors (Lipinski definition) is 6. The summed E-state index contributed by atoms with van der Waals surface area (Å²) >= 11 is 3.03. The summed E-state index contributed by atoms with van der Waals surface area (Å²) < 4.78 is 31.9. The Balaban J connectivity index is 1.75. The third-order valence-electron chi connectivity index (χ3n) is 4.54. The van der Waals surface area contributed by atoms with Gasteiger partial charge in [-0.25, -0.2) is 4.39 Å². The molecular weight excluding hydrogens is 439 g/mol. The number of ether oxygens (including phenoxy) is 3. The van der Waals surface area contributed by atoms with E-state index in [4.69, 9.17) is 14.2 Å². The molecule has 0 radical (unpaired) electrons. The first-order chi connectivity index (χ1) is 15.0. The van der Waals surface area contributed by atoms with Crippen LogP contribution in [0.3, 0.4) is 0 Å². The van der Waals surface area contributed by atoms with E-state index >= 15 is 0 Å². The Hall–Kier alpha value is -2.36. The number of methoxy groups -OCH3 is 3. The highest BCUT2D eigenvalue weighted by Crippen LogP contribution is 2.33. The van der Waals surface area contributed by atoms with Gasteiger partial charge in [0.25, 0.3) is 0 Å². The molecule has 0 aliphatic carbocycles. The lowest BCUT2D eigenvalue weighted by molar-refractivity contribution is -0.118. The fraction of sp³-hybridized carbons (Fsp3) is 0.364. The van der Waals surface area contributed by atoms with E-state index in [1.807, 2.05) is 16.7 Å². The predicted molar refractivity (Wildman–Crippen MR) is 122 cm³/mol. The molecule has 0 saturated heterocycles. The minimum Gasteiger partial charge on any atom is -0.493 e. The summed E-state index contributed by atoms with van der Waals surface area (Å²) in [6.07, 6.45) is 1.04. The number of benzene rings is 2. The van der Waals surface area contributed by atoms with E-state index in [-0.39, 0.29) is 11.7 Å². The van der Waals surface area contributed by atoms with Crippen molar-refractivity contribution < 1.29 is 23.4 Å². The Morgan fingerprint density at radius 2 is 1.84 bits per heavy atom. The van der Waals surface area contributed by atoms with Crippen LogP contribution >= 0.6 is 23.1 Å². The van der Waals surface area contributed by atoms with Crippen molar-refractivity contribution in [3.8, 4) is 11.5 Å². The largest absolute Gasteiger partial charge is 0.493 e. The van der Waals surface area contributed by atoms with Gasteiger partial charge in [0.15, 0.2) is 16.3 Å². The molecule has 1 aromatic heterocycles. The zero-order chi connectivity index (χ0) is 22.2. The summed E-state index contributed by atoms with van der Waals surface area (Å²) in [7, 11) is 4.82. The van der Waals surface area contributed by atoms with Gasteiger partial charge < -0.3 is 18.8 Å². The zero-order valence-corrected chi connectivity index (χ0v) is 19.4. The molecule has 9 heteroatoms. The van der Waals surface area contributed by atoms with Gasteiger partial charge in [-0.3, -0.25) is 4.79 Å². The van der Waals surface area contributed by atoms with Crippen LogP contribution in [0.1, 0.15) is 12.8 Å². The van der Waals surface area contributed by atoms with E-state index in [1.54, 1.807) is 45.2 Å². The Morgan fingerprint density at radius 3 is 2.52 bits per heavy atom. The molecule has 3 rings (SSSR count). The molecule has 6 nitrogen and oxygen atoms in total. The Bertz CT molecular complexity index is 1090. The van der Waals surface area contributed by atoms with Crippen LogP contribution < -0.4 is 14.3 Å². The van der Waals surface area contributed by atoms with Crippen LogP contribution in [-0.4, -0.2) is 44.2 Å². The van der Waals surface area contributed by atoms with Crippen LogP contribution in [0.4, 0.5) is 4.39 Å². The SMILES string of the molecule is COCCn1c(=NC(=O)CCCSc2ccc(F)cc2)sc2cc(OC)c(OC)cc21. The summed E-state index contributed by atoms with van der Waals surface area (Å²) in [5, 5.41) is 0. The average Bonchev–Trinajstić information content (AvgIpc) is 3.10. The number of carbonyl (C=O) groups excluding carboxylic acids is 1. The van der Waals surface area contributed by atoms with Gasteiger partial charge in [-0.1, -0.05) is 11.3 Å². The minimum atomic E-state index is -0.251. The summed E-state index contributed by atoms with van der Waals surface area (Å²) in [5.74, 6) is 1.59. The topological polar surface area (TPSA) is 62.1 Å². The van der Waals surface area contributed by atoms with Crippen molar-refractivity contribution in [2.45, 2.75) is 24.3 Å². The molecule has 0 fully saturated rings. The molecule has 1 heterocycles. The second-order valence-corrected chi connectivity index (χ2v) is 8.79. The molecule has 0 unspecified atom stereocenters. The van der Waals surface area contributed by atoms with Gasteiger partial charge in [0.2, 0.25) is 5.91 Å². The lowest BCUT2D eigenvalue weighted by atomic mass is 10.3. The molecule has 0 saturated carbocycles. The lowest BCUT2D eigenvalue weighted by Gasteiger charge is -2.09. The molecule has 2 aromatic carbocycles. The molecule has 31 heavy (non-hydrogen) atoms. The van der Waals surface area contributed by atoms with Crippen molar-refractivity contribution in [3.05, 3.63) is 47.0 Å². The molecular formula is C22H25FN2O4S2. The number of thiazole rings is 1. The number of fused-ring (bicyclic) bond motifs is 1. The Kier molecular flexibility index (Phi) is 8.51. The van der Waals surface area contributed by atoms with Gasteiger partial charge >= 0.3 is 0 Å². The van der Waals surface area contributed by atoms with Crippen LogP contribution in [0.2, 0.25) is 0 Å². The van der Waals surface area contributed by atoms with E-state index in [0.29, 0.717) is 42.3 Å². The number of thioether (sulfide) groups is 1. The molecule has 1 amide bonds. The third-order valence-corrected chi connectivity index (χ3v) is 6.68. The van der Waals surface area contributed by atoms with Crippen LogP contribution in [0.5, 0.6) is 11.5 Å². The third kappa shape index (κ3) is 6.09. The van der Waals surface area contributed by atoms with E-state index in [2.05, 4.69) is 4.99 Å². The van der Waals surface area contributed by atoms with Crippen LogP contribution in [0.25, 0.3) is 10.2 Å². The maximum absolute atomic E-state index is 13.0. The molecule has 0 spiro atoms. The fourth-order valence-electron chi connectivity index (χ4n) is 2.99. The number of halogens is 1. The average molecular weight is 465 g/mol. The molecule has 166 valence electrons. The standard InChI is InChI=1S/C22H25FN2O4S2/c1-27-11-10-25-17-13-18(28-2)19(29-3)14-20(17)31-22(25)24-21(26)5-4-12-30-16-8-6-15(23)7-9-16/h6-9,13-14H,4-5,10-12H2,1-3H3.